The van der Waals surface area contributed by atoms with Crippen molar-refractivity contribution in [2.75, 3.05) is 6.61 Å². The van der Waals surface area contributed by atoms with Gasteiger partial charge >= 0.3 is 0 Å². The van der Waals surface area contributed by atoms with Gasteiger partial charge < -0.3 is 43.0 Å². The van der Waals surface area contributed by atoms with Crippen molar-refractivity contribution in [1.82, 2.24) is 0 Å². The topological polar surface area (TPSA) is 174 Å². The van der Waals surface area contributed by atoms with E-state index in [0.29, 0.717) is 19.3 Å². The van der Waals surface area contributed by atoms with Gasteiger partial charge in [-0.25, -0.2) is 0 Å². The lowest BCUT2D eigenvalue weighted by atomic mass is 9.72. The van der Waals surface area contributed by atoms with Crippen LogP contribution in [0.4, 0.5) is 0 Å². The molecule has 11 N–H and O–H groups in total. The third kappa shape index (κ3) is 3.38. The Kier molecular flexibility index (Phi) is 5.55. The summed E-state index contributed by atoms with van der Waals surface area (Å²) >= 11 is 0. The number of rotatable bonds is 3. The molecule has 0 aromatic heterocycles. The fourth-order valence-electron chi connectivity index (χ4n) is 3.48. The molecule has 0 aromatic carbocycles. The first-order valence-corrected chi connectivity index (χ1v) is 7.51. The molecule has 8 nitrogen and oxygen atoms in total. The van der Waals surface area contributed by atoms with E-state index in [1.807, 2.05) is 0 Å². The molecule has 1 aliphatic heterocycles. The summed E-state index contributed by atoms with van der Waals surface area (Å²) in [6.07, 6.45) is -1.24. The average molecular weight is 304 g/mol. The highest BCUT2D eigenvalue weighted by atomic mass is 16.5. The van der Waals surface area contributed by atoms with Crippen LogP contribution in [0.3, 0.4) is 0 Å². The lowest BCUT2D eigenvalue weighted by molar-refractivity contribution is -0.158. The molecule has 1 heterocycles. The first kappa shape index (κ1) is 17.0. The maximum Gasteiger partial charge on any atom is 0.0954 e. The lowest BCUT2D eigenvalue weighted by Gasteiger charge is -2.48. The number of hydrogen-bond acceptors (Lipinski definition) is 8. The Bertz CT molecular complexity index is 348. The van der Waals surface area contributed by atoms with Crippen molar-refractivity contribution in [2.24, 2.45) is 28.9 Å². The Morgan fingerprint density at radius 3 is 2.29 bits per heavy atom. The van der Waals surface area contributed by atoms with Gasteiger partial charge in [-0.1, -0.05) is 0 Å². The van der Waals surface area contributed by atoms with Crippen LogP contribution >= 0.6 is 0 Å². The summed E-state index contributed by atoms with van der Waals surface area (Å²) in [5.41, 5.74) is 23.8. The zero-order valence-electron chi connectivity index (χ0n) is 12.1. The van der Waals surface area contributed by atoms with Crippen LogP contribution in [0.1, 0.15) is 19.3 Å². The summed E-state index contributed by atoms with van der Waals surface area (Å²) in [5.74, 6) is -0.497. The van der Waals surface area contributed by atoms with E-state index in [1.165, 1.54) is 0 Å². The zero-order valence-corrected chi connectivity index (χ0v) is 12.1. The van der Waals surface area contributed by atoms with Crippen molar-refractivity contribution < 1.29 is 20.1 Å². The third-order valence-electron chi connectivity index (χ3n) is 4.83. The summed E-state index contributed by atoms with van der Waals surface area (Å²) < 4.78 is 5.91. The molecule has 0 aromatic rings. The van der Waals surface area contributed by atoms with E-state index >= 15 is 0 Å². The second kappa shape index (κ2) is 6.84. The SMILES string of the molecule is N[C@@H]1C[C@H](N)C([C@H]2O[C@H]([C@@H](N)CO)CC[C@H]2N)[C@H](O)[C@H]1O. The summed E-state index contributed by atoms with van der Waals surface area (Å²) in [6.45, 7) is -0.181. The second-order valence-corrected chi connectivity index (χ2v) is 6.35. The molecule has 0 bridgehead atoms. The maximum atomic E-state index is 10.3. The Hall–Kier alpha value is -0.320. The van der Waals surface area contributed by atoms with Gasteiger partial charge in [0.1, 0.15) is 0 Å². The van der Waals surface area contributed by atoms with E-state index in [4.69, 9.17) is 32.8 Å². The van der Waals surface area contributed by atoms with Crippen molar-refractivity contribution in [3.8, 4) is 0 Å². The molecule has 124 valence electrons. The van der Waals surface area contributed by atoms with Gasteiger partial charge in [0.15, 0.2) is 0 Å². The molecule has 2 aliphatic rings. The van der Waals surface area contributed by atoms with Crippen molar-refractivity contribution in [3.63, 3.8) is 0 Å². The van der Waals surface area contributed by atoms with E-state index in [9.17, 15) is 10.2 Å². The highest BCUT2D eigenvalue weighted by Gasteiger charge is 2.48. The normalized spacial score (nSPS) is 49.9. The van der Waals surface area contributed by atoms with Crippen LogP contribution in [0.15, 0.2) is 0 Å². The Morgan fingerprint density at radius 2 is 1.67 bits per heavy atom. The molecular formula is C13H28N4O4. The molecule has 9 atom stereocenters. The average Bonchev–Trinajstić information content (AvgIpc) is 2.46. The van der Waals surface area contributed by atoms with Gasteiger partial charge in [-0.05, 0) is 19.3 Å². The molecule has 8 heteroatoms. The number of hydrogen-bond donors (Lipinski definition) is 7. The molecular weight excluding hydrogens is 276 g/mol. The molecule has 1 unspecified atom stereocenters. The van der Waals surface area contributed by atoms with Crippen molar-refractivity contribution >= 4 is 0 Å². The Labute approximate surface area is 124 Å². The standard InChI is InChI=1S/C13H28N4O4/c14-5-1-2-9(8(17)4-18)21-13(5)10-6(15)3-7(16)11(19)12(10)20/h5-13,18-20H,1-4,14-17H2/t5-,6+,7-,8+,9+,10?,11+,12+,13+/m1/s1. The highest BCUT2D eigenvalue weighted by molar-refractivity contribution is 5.03. The fraction of sp³-hybridized carbons (Fsp3) is 1.00. The molecule has 21 heavy (non-hydrogen) atoms. The molecule has 0 amide bonds. The summed E-state index contributed by atoms with van der Waals surface area (Å²) in [5, 5.41) is 29.4. The number of aliphatic hydroxyl groups is 3. The van der Waals surface area contributed by atoms with Gasteiger partial charge in [0, 0.05) is 24.0 Å². The van der Waals surface area contributed by atoms with Crippen molar-refractivity contribution in [1.29, 1.82) is 0 Å². The van der Waals surface area contributed by atoms with E-state index in [1.54, 1.807) is 0 Å². The summed E-state index contributed by atoms with van der Waals surface area (Å²) in [7, 11) is 0. The van der Waals surface area contributed by atoms with Gasteiger partial charge in [0.05, 0.1) is 37.1 Å². The minimum Gasteiger partial charge on any atom is -0.395 e. The maximum absolute atomic E-state index is 10.3. The van der Waals surface area contributed by atoms with Gasteiger partial charge in [0.2, 0.25) is 0 Å². The largest absolute Gasteiger partial charge is 0.395 e. The Balaban J connectivity index is 2.13. The molecule has 2 fully saturated rings. The molecule has 2 rings (SSSR count). The first-order valence-electron chi connectivity index (χ1n) is 7.51. The zero-order chi connectivity index (χ0) is 15.7. The first-order chi connectivity index (χ1) is 9.86. The van der Waals surface area contributed by atoms with E-state index in [2.05, 4.69) is 0 Å². The number of nitrogens with two attached hydrogens (primary N) is 4. The predicted molar refractivity (Wildman–Crippen MR) is 77.0 cm³/mol. The third-order valence-corrected chi connectivity index (χ3v) is 4.83. The molecule has 0 radical (unpaired) electrons. The minimum absolute atomic E-state index is 0.181. The van der Waals surface area contributed by atoms with Crippen LogP contribution in [0, 0.1) is 5.92 Å². The number of ether oxygens (including phenoxy) is 1. The van der Waals surface area contributed by atoms with Crippen LogP contribution in [0.5, 0.6) is 0 Å². The fourth-order valence-corrected chi connectivity index (χ4v) is 3.48. The quantitative estimate of drug-likeness (QED) is 0.282. The van der Waals surface area contributed by atoms with Crippen LogP contribution in [0.25, 0.3) is 0 Å². The second-order valence-electron chi connectivity index (χ2n) is 6.35. The summed E-state index contributed by atoms with van der Waals surface area (Å²) in [6, 6.07) is -1.75. The lowest BCUT2D eigenvalue weighted by Crippen LogP contribution is -2.65. The van der Waals surface area contributed by atoms with Crippen molar-refractivity contribution in [2.45, 2.75) is 67.8 Å². The van der Waals surface area contributed by atoms with Crippen LogP contribution < -0.4 is 22.9 Å². The predicted octanol–water partition coefficient (Wildman–Crippen LogP) is -3.42. The van der Waals surface area contributed by atoms with Crippen LogP contribution in [-0.4, -0.2) is 70.5 Å². The van der Waals surface area contributed by atoms with Gasteiger partial charge in [-0.15, -0.1) is 0 Å². The van der Waals surface area contributed by atoms with Crippen LogP contribution in [-0.2, 0) is 4.74 Å². The van der Waals surface area contributed by atoms with Gasteiger partial charge in [-0.2, -0.15) is 0 Å². The van der Waals surface area contributed by atoms with E-state index in [-0.39, 0.29) is 18.8 Å². The van der Waals surface area contributed by atoms with E-state index in [0.717, 1.165) is 0 Å². The van der Waals surface area contributed by atoms with Crippen LogP contribution in [0.2, 0.25) is 0 Å². The monoisotopic (exact) mass is 304 g/mol. The Morgan fingerprint density at radius 1 is 1.00 bits per heavy atom. The molecule has 1 saturated heterocycles. The molecule has 1 saturated carbocycles. The number of aliphatic hydroxyl groups excluding tert-OH is 3. The van der Waals surface area contributed by atoms with Crippen molar-refractivity contribution in [3.05, 3.63) is 0 Å². The highest BCUT2D eigenvalue weighted by Crippen LogP contribution is 2.33. The van der Waals surface area contributed by atoms with Gasteiger partial charge in [0.25, 0.3) is 0 Å². The minimum atomic E-state index is -1.08. The molecule has 0 spiro atoms. The summed E-state index contributed by atoms with van der Waals surface area (Å²) in [4.78, 5) is 0. The smallest absolute Gasteiger partial charge is 0.0954 e. The van der Waals surface area contributed by atoms with E-state index < -0.39 is 42.4 Å². The van der Waals surface area contributed by atoms with Gasteiger partial charge in [-0.3, -0.25) is 0 Å². The molecule has 1 aliphatic carbocycles.